The molecule has 23 heavy (non-hydrogen) atoms. The Morgan fingerprint density at radius 1 is 1.43 bits per heavy atom. The highest BCUT2D eigenvalue weighted by Gasteiger charge is 2.24. The van der Waals surface area contributed by atoms with Crippen LogP contribution in [-0.4, -0.2) is 38.5 Å². The van der Waals surface area contributed by atoms with Crippen molar-refractivity contribution in [1.29, 1.82) is 0 Å². The lowest BCUT2D eigenvalue weighted by molar-refractivity contribution is 0.254. The number of nitrogens with zero attached hydrogens (tertiary/aromatic N) is 1. The molecule has 1 aliphatic heterocycles. The van der Waals surface area contributed by atoms with E-state index in [-0.39, 0.29) is 18.7 Å². The Hall–Kier alpha value is -1.31. The number of hydrogen-bond donors (Lipinski definition) is 1. The molecule has 1 unspecified atom stereocenters. The summed E-state index contributed by atoms with van der Waals surface area (Å²) in [5.74, 6) is 1.52. The van der Waals surface area contributed by atoms with Crippen molar-refractivity contribution < 1.29 is 17.9 Å². The summed E-state index contributed by atoms with van der Waals surface area (Å²) in [4.78, 5) is 0. The van der Waals surface area contributed by atoms with Crippen molar-refractivity contribution in [3.63, 3.8) is 0 Å². The van der Waals surface area contributed by atoms with Crippen LogP contribution >= 0.6 is 0 Å². The Labute approximate surface area is 139 Å². The maximum absolute atomic E-state index is 12.2. The third-order valence-corrected chi connectivity index (χ3v) is 5.62. The Morgan fingerprint density at radius 2 is 2.13 bits per heavy atom. The second-order valence-corrected chi connectivity index (χ2v) is 7.88. The van der Waals surface area contributed by atoms with Gasteiger partial charge < -0.3 is 9.47 Å². The van der Waals surface area contributed by atoms with Crippen molar-refractivity contribution in [1.82, 2.24) is 9.03 Å². The van der Waals surface area contributed by atoms with Crippen molar-refractivity contribution in [2.24, 2.45) is 0 Å². The summed E-state index contributed by atoms with van der Waals surface area (Å²) in [6.07, 6.45) is 0.982. The minimum Gasteiger partial charge on any atom is -0.494 e. The zero-order valence-electron chi connectivity index (χ0n) is 14.4. The highest BCUT2D eigenvalue weighted by Crippen LogP contribution is 2.35. The molecular weight excluding hydrogens is 316 g/mol. The standard InChI is InChI=1S/C16H26N2O4S/c1-6-21-15-8-13-7-12(4)22-16(13)9-14(15)10-17-23(19,20)18(5)11(2)3/h8-9,11-12,17H,6-7,10H2,1-5H3. The van der Waals surface area contributed by atoms with Crippen LogP contribution in [0.4, 0.5) is 0 Å². The summed E-state index contributed by atoms with van der Waals surface area (Å²) < 4.78 is 39.8. The molecule has 1 aromatic carbocycles. The Bertz CT molecular complexity index is 658. The molecule has 0 saturated heterocycles. The molecule has 6 nitrogen and oxygen atoms in total. The van der Waals surface area contributed by atoms with Gasteiger partial charge in [0.25, 0.3) is 10.2 Å². The zero-order chi connectivity index (χ0) is 17.2. The van der Waals surface area contributed by atoms with Crippen molar-refractivity contribution in [3.8, 4) is 11.5 Å². The van der Waals surface area contributed by atoms with E-state index in [0.29, 0.717) is 12.4 Å². The van der Waals surface area contributed by atoms with Gasteiger partial charge in [0, 0.05) is 37.2 Å². The maximum Gasteiger partial charge on any atom is 0.279 e. The van der Waals surface area contributed by atoms with E-state index in [1.165, 1.54) is 4.31 Å². The molecule has 130 valence electrons. The summed E-state index contributed by atoms with van der Waals surface area (Å²) in [6, 6.07) is 3.72. The van der Waals surface area contributed by atoms with Crippen LogP contribution < -0.4 is 14.2 Å². The predicted molar refractivity (Wildman–Crippen MR) is 90.1 cm³/mol. The van der Waals surface area contributed by atoms with Gasteiger partial charge in [0.15, 0.2) is 0 Å². The molecule has 1 aromatic rings. The third-order valence-electron chi connectivity index (χ3n) is 3.93. The molecule has 0 spiro atoms. The van der Waals surface area contributed by atoms with Gasteiger partial charge in [-0.2, -0.15) is 17.4 Å². The van der Waals surface area contributed by atoms with Crippen molar-refractivity contribution >= 4 is 10.2 Å². The Balaban J connectivity index is 2.21. The van der Waals surface area contributed by atoms with Crippen molar-refractivity contribution in [3.05, 3.63) is 23.3 Å². The van der Waals surface area contributed by atoms with Crippen LogP contribution in [0.25, 0.3) is 0 Å². The lowest BCUT2D eigenvalue weighted by Crippen LogP contribution is -2.41. The highest BCUT2D eigenvalue weighted by molar-refractivity contribution is 7.87. The molecule has 0 bridgehead atoms. The van der Waals surface area contributed by atoms with Gasteiger partial charge in [-0.25, -0.2) is 0 Å². The normalized spacial score (nSPS) is 17.4. The molecule has 1 N–H and O–H groups in total. The largest absolute Gasteiger partial charge is 0.494 e. The minimum atomic E-state index is -3.53. The maximum atomic E-state index is 12.2. The van der Waals surface area contributed by atoms with E-state index in [1.807, 2.05) is 39.8 Å². The molecule has 2 rings (SSSR count). The van der Waals surface area contributed by atoms with E-state index in [9.17, 15) is 8.42 Å². The molecule has 0 amide bonds. The van der Waals surface area contributed by atoms with Crippen LogP contribution in [0.1, 0.15) is 38.8 Å². The molecule has 7 heteroatoms. The minimum absolute atomic E-state index is 0.108. The summed E-state index contributed by atoms with van der Waals surface area (Å²) in [7, 11) is -1.97. The first-order valence-electron chi connectivity index (χ1n) is 7.92. The number of fused-ring (bicyclic) bond motifs is 1. The number of ether oxygens (including phenoxy) is 2. The molecule has 1 atom stereocenters. The van der Waals surface area contributed by atoms with E-state index < -0.39 is 10.2 Å². The molecule has 0 aliphatic carbocycles. The fraction of sp³-hybridized carbons (Fsp3) is 0.625. The Kier molecular flexibility index (Phi) is 5.54. The molecule has 0 aromatic heterocycles. The van der Waals surface area contributed by atoms with Gasteiger partial charge in [0.05, 0.1) is 6.61 Å². The molecule has 0 radical (unpaired) electrons. The third kappa shape index (κ3) is 4.16. The lowest BCUT2D eigenvalue weighted by Gasteiger charge is -2.21. The second-order valence-electron chi connectivity index (χ2n) is 6.07. The molecule has 1 heterocycles. The molecule has 1 aliphatic rings. The summed E-state index contributed by atoms with van der Waals surface area (Å²) in [5.41, 5.74) is 1.88. The SMILES string of the molecule is CCOc1cc2c(cc1CNS(=O)(=O)N(C)C(C)C)OC(C)C2. The highest BCUT2D eigenvalue weighted by atomic mass is 32.2. The van der Waals surface area contributed by atoms with Crippen LogP contribution in [0.5, 0.6) is 11.5 Å². The van der Waals surface area contributed by atoms with Gasteiger partial charge in [-0.05, 0) is 39.8 Å². The first-order chi connectivity index (χ1) is 10.7. The zero-order valence-corrected chi connectivity index (χ0v) is 15.2. The van der Waals surface area contributed by atoms with E-state index in [2.05, 4.69) is 4.72 Å². The number of benzene rings is 1. The van der Waals surface area contributed by atoms with Crippen LogP contribution in [0, 0.1) is 0 Å². The number of nitrogens with one attached hydrogen (secondary N) is 1. The first-order valence-corrected chi connectivity index (χ1v) is 9.36. The quantitative estimate of drug-likeness (QED) is 0.824. The molecule has 0 saturated carbocycles. The average Bonchev–Trinajstić information content (AvgIpc) is 2.83. The Morgan fingerprint density at radius 3 is 2.74 bits per heavy atom. The van der Waals surface area contributed by atoms with Gasteiger partial charge in [0.2, 0.25) is 0 Å². The topological polar surface area (TPSA) is 67.9 Å². The number of rotatable bonds is 7. The molecular formula is C16H26N2O4S. The second kappa shape index (κ2) is 7.07. The van der Waals surface area contributed by atoms with Gasteiger partial charge in [-0.15, -0.1) is 0 Å². The van der Waals surface area contributed by atoms with Gasteiger partial charge in [-0.1, -0.05) is 0 Å². The van der Waals surface area contributed by atoms with Gasteiger partial charge in [-0.3, -0.25) is 0 Å². The first kappa shape index (κ1) is 18.0. The monoisotopic (exact) mass is 342 g/mol. The van der Waals surface area contributed by atoms with E-state index in [4.69, 9.17) is 9.47 Å². The molecule has 0 fully saturated rings. The predicted octanol–water partition coefficient (Wildman–Crippen LogP) is 2.08. The van der Waals surface area contributed by atoms with Crippen LogP contribution in [-0.2, 0) is 23.2 Å². The van der Waals surface area contributed by atoms with E-state index in [1.54, 1.807) is 7.05 Å². The van der Waals surface area contributed by atoms with Crippen LogP contribution in [0.2, 0.25) is 0 Å². The smallest absolute Gasteiger partial charge is 0.279 e. The van der Waals surface area contributed by atoms with Gasteiger partial charge in [0.1, 0.15) is 17.6 Å². The number of hydrogen-bond acceptors (Lipinski definition) is 4. The summed E-state index contributed by atoms with van der Waals surface area (Å²) >= 11 is 0. The van der Waals surface area contributed by atoms with Gasteiger partial charge >= 0.3 is 0 Å². The van der Waals surface area contributed by atoms with Crippen molar-refractivity contribution in [2.45, 2.75) is 52.8 Å². The average molecular weight is 342 g/mol. The van der Waals surface area contributed by atoms with Crippen LogP contribution in [0.3, 0.4) is 0 Å². The van der Waals surface area contributed by atoms with E-state index in [0.717, 1.165) is 23.3 Å². The fourth-order valence-electron chi connectivity index (χ4n) is 2.46. The van der Waals surface area contributed by atoms with Crippen molar-refractivity contribution in [2.75, 3.05) is 13.7 Å². The fourth-order valence-corrected chi connectivity index (χ4v) is 3.55. The summed E-state index contributed by atoms with van der Waals surface area (Å²) in [5, 5.41) is 0. The van der Waals surface area contributed by atoms with E-state index >= 15 is 0 Å². The lowest BCUT2D eigenvalue weighted by atomic mass is 10.1. The van der Waals surface area contributed by atoms with Crippen LogP contribution in [0.15, 0.2) is 12.1 Å². The summed E-state index contributed by atoms with van der Waals surface area (Å²) in [6.45, 7) is 8.28.